The number of nitrogens with one attached hydrogen (secondary N) is 1. The van der Waals surface area contributed by atoms with Crippen molar-refractivity contribution in [3.8, 4) is 11.3 Å². The van der Waals surface area contributed by atoms with Crippen molar-refractivity contribution >= 4 is 12.0 Å². The number of aromatic nitrogens is 2. The summed E-state index contributed by atoms with van der Waals surface area (Å²) in [6, 6.07) is 5.46. The maximum Gasteiger partial charge on any atom is 0.407 e. The van der Waals surface area contributed by atoms with Crippen LogP contribution in [0.15, 0.2) is 24.3 Å². The van der Waals surface area contributed by atoms with Gasteiger partial charge in [-0.1, -0.05) is 19.9 Å². The molecule has 37 heavy (non-hydrogen) atoms. The standard InChI is InChI=1S/C28H34F2N4O3/c1-26(2,3)37-25(36)31-12-10-16-14-34(15-16)24(35)28-11-9-18(27(28,4)5)17-13-21(32-33-23(17)28)22-19(29)7-6-8-20(22)30/h6-8,13,16,18H,9-12,14-15H2,1-5H3,(H,31,36). The number of amides is 2. The molecule has 198 valence electrons. The molecule has 2 unspecified atom stereocenters. The number of carbonyl (C=O) groups excluding carboxylic acids is 2. The highest BCUT2D eigenvalue weighted by Gasteiger charge is 2.68. The van der Waals surface area contributed by atoms with Gasteiger partial charge in [-0.25, -0.2) is 13.6 Å². The van der Waals surface area contributed by atoms with E-state index in [0.717, 1.165) is 18.4 Å². The largest absolute Gasteiger partial charge is 0.444 e. The number of nitrogens with zero attached hydrogens (tertiary/aromatic N) is 3. The van der Waals surface area contributed by atoms with Gasteiger partial charge in [0.2, 0.25) is 5.91 Å². The molecule has 1 aromatic carbocycles. The third-order valence-electron chi connectivity index (χ3n) is 8.43. The number of likely N-dealkylation sites (tertiary alicyclic amines) is 1. The Morgan fingerprint density at radius 1 is 1.16 bits per heavy atom. The zero-order valence-corrected chi connectivity index (χ0v) is 22.0. The summed E-state index contributed by atoms with van der Waals surface area (Å²) in [6.07, 6.45) is 1.82. The smallest absolute Gasteiger partial charge is 0.407 e. The number of rotatable bonds is 5. The molecule has 7 nitrogen and oxygen atoms in total. The number of fused-ring (bicyclic) bond motifs is 5. The van der Waals surface area contributed by atoms with Crippen molar-refractivity contribution < 1.29 is 23.1 Å². The molecular weight excluding hydrogens is 478 g/mol. The molecular formula is C28H34F2N4O3. The highest BCUT2D eigenvalue weighted by atomic mass is 19.1. The Labute approximate surface area is 216 Å². The number of alkyl carbamates (subject to hydrolysis) is 1. The average Bonchev–Trinajstić information content (AvgIpc) is 3.15. The molecule has 3 aliphatic rings. The van der Waals surface area contributed by atoms with Crippen molar-refractivity contribution in [3.05, 3.63) is 47.2 Å². The monoisotopic (exact) mass is 512 g/mol. The van der Waals surface area contributed by atoms with Crippen LogP contribution in [-0.2, 0) is 14.9 Å². The molecule has 1 saturated carbocycles. The van der Waals surface area contributed by atoms with Gasteiger partial charge in [-0.05, 0) is 81.0 Å². The second-order valence-electron chi connectivity index (χ2n) is 12.1. The fourth-order valence-corrected chi connectivity index (χ4v) is 6.54. The second-order valence-corrected chi connectivity index (χ2v) is 12.1. The van der Waals surface area contributed by atoms with Crippen LogP contribution in [0.4, 0.5) is 13.6 Å². The van der Waals surface area contributed by atoms with E-state index in [2.05, 4.69) is 29.4 Å². The summed E-state index contributed by atoms with van der Waals surface area (Å²) in [5.41, 5.74) is -0.251. The van der Waals surface area contributed by atoms with Gasteiger partial charge in [-0.15, -0.1) is 5.10 Å². The summed E-state index contributed by atoms with van der Waals surface area (Å²) in [6.45, 7) is 11.4. The van der Waals surface area contributed by atoms with Gasteiger partial charge in [0.1, 0.15) is 17.2 Å². The minimum absolute atomic E-state index is 0.0502. The number of hydrogen-bond donors (Lipinski definition) is 1. The molecule has 2 bridgehead atoms. The molecule has 2 amide bonds. The van der Waals surface area contributed by atoms with E-state index in [9.17, 15) is 18.4 Å². The van der Waals surface area contributed by atoms with Gasteiger partial charge < -0.3 is 15.0 Å². The lowest BCUT2D eigenvalue weighted by Gasteiger charge is -2.46. The SMILES string of the molecule is CC(C)(C)OC(=O)NCCC1CN(C(=O)C23CCC(c4cc(-c5c(F)cccc5F)nnc42)C3(C)C)C1. The predicted molar refractivity (Wildman–Crippen MR) is 134 cm³/mol. The van der Waals surface area contributed by atoms with Crippen LogP contribution in [0.2, 0.25) is 0 Å². The predicted octanol–water partition coefficient (Wildman–Crippen LogP) is 4.95. The first-order chi connectivity index (χ1) is 17.3. The Bertz CT molecular complexity index is 1230. The van der Waals surface area contributed by atoms with E-state index >= 15 is 0 Å². The molecule has 2 atom stereocenters. The van der Waals surface area contributed by atoms with Crippen LogP contribution >= 0.6 is 0 Å². The van der Waals surface area contributed by atoms with Gasteiger partial charge in [0.05, 0.1) is 22.4 Å². The van der Waals surface area contributed by atoms with E-state index in [0.29, 0.717) is 37.7 Å². The lowest BCUT2D eigenvalue weighted by Crippen LogP contribution is -2.59. The first kappa shape index (κ1) is 25.5. The minimum atomic E-state index is -0.800. The molecule has 0 spiro atoms. The summed E-state index contributed by atoms with van der Waals surface area (Å²) >= 11 is 0. The first-order valence-corrected chi connectivity index (χ1v) is 12.9. The molecule has 2 fully saturated rings. The molecule has 2 aliphatic carbocycles. The highest BCUT2D eigenvalue weighted by Crippen LogP contribution is 2.68. The number of carbonyl (C=O) groups is 2. The van der Waals surface area contributed by atoms with E-state index in [-0.39, 0.29) is 23.1 Å². The Morgan fingerprint density at radius 2 is 1.84 bits per heavy atom. The average molecular weight is 513 g/mol. The van der Waals surface area contributed by atoms with Crippen molar-refractivity contribution in [2.75, 3.05) is 19.6 Å². The molecule has 1 aromatic heterocycles. The van der Waals surface area contributed by atoms with Crippen molar-refractivity contribution in [2.24, 2.45) is 11.3 Å². The van der Waals surface area contributed by atoms with Crippen LogP contribution in [0, 0.1) is 23.0 Å². The van der Waals surface area contributed by atoms with Crippen molar-refractivity contribution in [1.29, 1.82) is 0 Å². The van der Waals surface area contributed by atoms with E-state index in [1.165, 1.54) is 18.2 Å². The third kappa shape index (κ3) is 4.07. The molecule has 1 aliphatic heterocycles. The van der Waals surface area contributed by atoms with Gasteiger partial charge in [-0.2, -0.15) is 5.10 Å². The fourth-order valence-electron chi connectivity index (χ4n) is 6.54. The quantitative estimate of drug-likeness (QED) is 0.613. The third-order valence-corrected chi connectivity index (χ3v) is 8.43. The van der Waals surface area contributed by atoms with E-state index in [1.807, 2.05) is 25.7 Å². The highest BCUT2D eigenvalue weighted by molar-refractivity contribution is 5.92. The Kier molecular flexibility index (Phi) is 6.03. The molecule has 2 aromatic rings. The van der Waals surface area contributed by atoms with Crippen molar-refractivity contribution in [2.45, 2.75) is 70.8 Å². The molecule has 1 saturated heterocycles. The van der Waals surface area contributed by atoms with Gasteiger partial charge in [-0.3, -0.25) is 4.79 Å². The van der Waals surface area contributed by atoms with E-state index < -0.39 is 34.2 Å². The summed E-state index contributed by atoms with van der Waals surface area (Å²) in [5.74, 6) is -0.959. The fraction of sp³-hybridized carbons (Fsp3) is 0.571. The lowest BCUT2D eigenvalue weighted by atomic mass is 9.67. The Hall–Kier alpha value is -3.10. The zero-order chi connectivity index (χ0) is 26.8. The maximum absolute atomic E-state index is 14.4. The number of halogens is 2. The summed E-state index contributed by atoms with van der Waals surface area (Å²) in [5, 5.41) is 11.4. The Morgan fingerprint density at radius 3 is 2.49 bits per heavy atom. The molecule has 2 heterocycles. The molecule has 9 heteroatoms. The van der Waals surface area contributed by atoms with E-state index in [1.54, 1.807) is 6.07 Å². The maximum atomic E-state index is 14.4. The van der Waals surface area contributed by atoms with Crippen LogP contribution < -0.4 is 5.32 Å². The summed E-state index contributed by atoms with van der Waals surface area (Å²) in [7, 11) is 0. The molecule has 5 rings (SSSR count). The summed E-state index contributed by atoms with van der Waals surface area (Å²) < 4.78 is 34.1. The Balaban J connectivity index is 1.30. The van der Waals surface area contributed by atoms with Gasteiger partial charge in [0, 0.05) is 19.6 Å². The molecule has 0 radical (unpaired) electrons. The van der Waals surface area contributed by atoms with Crippen molar-refractivity contribution in [1.82, 2.24) is 20.4 Å². The normalized spacial score (nSPS) is 24.0. The van der Waals surface area contributed by atoms with Crippen LogP contribution in [0.1, 0.15) is 71.1 Å². The van der Waals surface area contributed by atoms with Crippen LogP contribution in [-0.4, -0.2) is 52.3 Å². The number of benzene rings is 1. The first-order valence-electron chi connectivity index (χ1n) is 12.9. The summed E-state index contributed by atoms with van der Waals surface area (Å²) in [4.78, 5) is 27.7. The van der Waals surface area contributed by atoms with E-state index in [4.69, 9.17) is 4.74 Å². The van der Waals surface area contributed by atoms with Crippen LogP contribution in [0.5, 0.6) is 0 Å². The van der Waals surface area contributed by atoms with Crippen LogP contribution in [0.3, 0.4) is 0 Å². The molecule has 1 N–H and O–H groups in total. The number of ether oxygens (including phenoxy) is 1. The zero-order valence-electron chi connectivity index (χ0n) is 22.0. The topological polar surface area (TPSA) is 84.4 Å². The van der Waals surface area contributed by atoms with Gasteiger partial charge in [0.15, 0.2) is 0 Å². The van der Waals surface area contributed by atoms with Crippen LogP contribution in [0.25, 0.3) is 11.3 Å². The van der Waals surface area contributed by atoms with Gasteiger partial charge in [0.25, 0.3) is 0 Å². The van der Waals surface area contributed by atoms with Crippen molar-refractivity contribution in [3.63, 3.8) is 0 Å². The second kappa shape index (κ2) is 8.74. The lowest BCUT2D eigenvalue weighted by molar-refractivity contribution is -0.147. The minimum Gasteiger partial charge on any atom is -0.444 e. The number of hydrogen-bond acceptors (Lipinski definition) is 5. The van der Waals surface area contributed by atoms with Gasteiger partial charge >= 0.3 is 6.09 Å².